The van der Waals surface area contributed by atoms with Crippen molar-refractivity contribution in [2.24, 2.45) is 0 Å². The predicted octanol–water partition coefficient (Wildman–Crippen LogP) is 3.50. The topological polar surface area (TPSA) is 47.3 Å². The van der Waals surface area contributed by atoms with Crippen LogP contribution in [0.3, 0.4) is 0 Å². The van der Waals surface area contributed by atoms with Crippen LogP contribution >= 0.6 is 11.6 Å². The first-order valence-electron chi connectivity index (χ1n) is 6.83. The molecule has 0 radical (unpaired) electrons. The number of aliphatic hydroxyl groups is 1. The van der Waals surface area contributed by atoms with Gasteiger partial charge in [-0.2, -0.15) is 0 Å². The Kier molecular flexibility index (Phi) is 3.68. The second-order valence-corrected chi connectivity index (χ2v) is 5.49. The number of nitrogens with zero attached hydrogens (tertiary/aromatic N) is 2. The second kappa shape index (κ2) is 5.46. The van der Waals surface area contributed by atoms with E-state index < -0.39 is 6.10 Å². The lowest BCUT2D eigenvalue weighted by atomic mass is 9.97. The Balaban J connectivity index is 1.91. The van der Waals surface area contributed by atoms with Crippen LogP contribution in [0.2, 0.25) is 5.02 Å². The number of rotatable bonds is 3. The fourth-order valence-electron chi connectivity index (χ4n) is 2.63. The molecule has 1 N–H and O–H groups in total. The highest BCUT2D eigenvalue weighted by atomic mass is 35.5. The number of halogens is 1. The Morgan fingerprint density at radius 2 is 2.35 bits per heavy atom. The van der Waals surface area contributed by atoms with Gasteiger partial charge < -0.3 is 14.4 Å². The third-order valence-electron chi connectivity index (χ3n) is 3.58. The molecule has 0 fully saturated rings. The standard InChI is InChI=1S/C15H17ClN2O2/c1-2-5-18-9-17-8-12(18)15-7-13(19)11-6-10(16)3-4-14(11)20-15/h3-4,6,8-9,13,15,19H,2,5,7H2,1H3. The van der Waals surface area contributed by atoms with Gasteiger partial charge in [-0.1, -0.05) is 18.5 Å². The number of ether oxygens (including phenoxy) is 1. The molecule has 2 atom stereocenters. The first-order valence-corrected chi connectivity index (χ1v) is 7.21. The third-order valence-corrected chi connectivity index (χ3v) is 3.81. The summed E-state index contributed by atoms with van der Waals surface area (Å²) < 4.78 is 8.09. The van der Waals surface area contributed by atoms with Crippen LogP contribution in [0, 0.1) is 0 Å². The summed E-state index contributed by atoms with van der Waals surface area (Å²) >= 11 is 5.96. The number of imidazole rings is 1. The van der Waals surface area contributed by atoms with Crippen molar-refractivity contribution in [3.63, 3.8) is 0 Å². The number of fused-ring (bicyclic) bond motifs is 1. The minimum atomic E-state index is -0.563. The van der Waals surface area contributed by atoms with Crippen molar-refractivity contribution in [2.45, 2.75) is 38.5 Å². The van der Waals surface area contributed by atoms with E-state index in [2.05, 4.69) is 16.5 Å². The fourth-order valence-corrected chi connectivity index (χ4v) is 2.81. The lowest BCUT2D eigenvalue weighted by molar-refractivity contribution is 0.0618. The van der Waals surface area contributed by atoms with Crippen LogP contribution < -0.4 is 4.74 Å². The van der Waals surface area contributed by atoms with E-state index in [9.17, 15) is 5.11 Å². The van der Waals surface area contributed by atoms with Gasteiger partial charge in [-0.15, -0.1) is 0 Å². The van der Waals surface area contributed by atoms with Gasteiger partial charge in [-0.05, 0) is 24.6 Å². The van der Waals surface area contributed by atoms with E-state index in [0.29, 0.717) is 17.2 Å². The zero-order valence-electron chi connectivity index (χ0n) is 11.3. The molecule has 106 valence electrons. The molecule has 0 bridgehead atoms. The summed E-state index contributed by atoms with van der Waals surface area (Å²) in [5, 5.41) is 10.9. The highest BCUT2D eigenvalue weighted by Gasteiger charge is 2.30. The molecule has 5 heteroatoms. The largest absolute Gasteiger partial charge is 0.484 e. The van der Waals surface area contributed by atoms with Crippen molar-refractivity contribution in [1.82, 2.24) is 9.55 Å². The number of aryl methyl sites for hydroxylation is 1. The van der Waals surface area contributed by atoms with Crippen molar-refractivity contribution in [2.75, 3.05) is 0 Å². The summed E-state index contributed by atoms with van der Waals surface area (Å²) in [5.41, 5.74) is 1.77. The minimum Gasteiger partial charge on any atom is -0.484 e. The Morgan fingerprint density at radius 1 is 1.50 bits per heavy atom. The Hall–Kier alpha value is -1.52. The molecule has 0 amide bonds. The van der Waals surface area contributed by atoms with Crippen LogP contribution in [0.15, 0.2) is 30.7 Å². The molecule has 0 saturated heterocycles. The maximum Gasteiger partial charge on any atom is 0.143 e. The van der Waals surface area contributed by atoms with Gasteiger partial charge >= 0.3 is 0 Å². The molecule has 0 aliphatic carbocycles. The number of benzene rings is 1. The number of aromatic nitrogens is 2. The lowest BCUT2D eigenvalue weighted by Gasteiger charge is -2.30. The first kappa shape index (κ1) is 13.5. The van der Waals surface area contributed by atoms with Crippen molar-refractivity contribution in [3.8, 4) is 5.75 Å². The maximum absolute atomic E-state index is 10.3. The van der Waals surface area contributed by atoms with Gasteiger partial charge in [-0.3, -0.25) is 0 Å². The van der Waals surface area contributed by atoms with Gasteiger partial charge in [0.2, 0.25) is 0 Å². The average molecular weight is 293 g/mol. The molecule has 3 rings (SSSR count). The van der Waals surface area contributed by atoms with E-state index in [1.807, 2.05) is 18.6 Å². The number of hydrogen-bond donors (Lipinski definition) is 1. The van der Waals surface area contributed by atoms with E-state index in [1.54, 1.807) is 12.1 Å². The van der Waals surface area contributed by atoms with E-state index in [4.69, 9.17) is 16.3 Å². The van der Waals surface area contributed by atoms with Gasteiger partial charge in [0.05, 0.1) is 24.3 Å². The van der Waals surface area contributed by atoms with Gasteiger partial charge in [0.1, 0.15) is 11.9 Å². The highest BCUT2D eigenvalue weighted by molar-refractivity contribution is 6.30. The summed E-state index contributed by atoms with van der Waals surface area (Å²) in [6.45, 7) is 3.02. The predicted molar refractivity (Wildman–Crippen MR) is 76.9 cm³/mol. The highest BCUT2D eigenvalue weighted by Crippen LogP contribution is 2.41. The quantitative estimate of drug-likeness (QED) is 0.942. The molecule has 1 aromatic carbocycles. The van der Waals surface area contributed by atoms with Crippen molar-refractivity contribution in [1.29, 1.82) is 0 Å². The van der Waals surface area contributed by atoms with E-state index >= 15 is 0 Å². The van der Waals surface area contributed by atoms with Crippen LogP contribution in [-0.4, -0.2) is 14.7 Å². The number of aliphatic hydroxyl groups excluding tert-OH is 1. The van der Waals surface area contributed by atoms with Crippen LogP contribution in [0.5, 0.6) is 5.75 Å². The van der Waals surface area contributed by atoms with E-state index in [0.717, 1.165) is 24.2 Å². The van der Waals surface area contributed by atoms with Crippen molar-refractivity contribution < 1.29 is 9.84 Å². The molecule has 1 aliphatic rings. The third kappa shape index (κ3) is 2.41. The second-order valence-electron chi connectivity index (χ2n) is 5.05. The van der Waals surface area contributed by atoms with Gasteiger partial charge in [-0.25, -0.2) is 4.98 Å². The van der Waals surface area contributed by atoms with Gasteiger partial charge in [0, 0.05) is 23.6 Å². The zero-order valence-corrected chi connectivity index (χ0v) is 12.0. The molecule has 2 heterocycles. The lowest BCUT2D eigenvalue weighted by Crippen LogP contribution is -2.21. The molecule has 1 aromatic heterocycles. The summed E-state index contributed by atoms with van der Waals surface area (Å²) in [4.78, 5) is 4.19. The van der Waals surface area contributed by atoms with Crippen LogP contribution in [0.25, 0.3) is 0 Å². The van der Waals surface area contributed by atoms with Crippen LogP contribution in [0.4, 0.5) is 0 Å². The van der Waals surface area contributed by atoms with Gasteiger partial charge in [0.15, 0.2) is 0 Å². The smallest absolute Gasteiger partial charge is 0.143 e. The fraction of sp³-hybridized carbons (Fsp3) is 0.400. The molecular weight excluding hydrogens is 276 g/mol. The molecule has 2 unspecified atom stereocenters. The molecule has 20 heavy (non-hydrogen) atoms. The first-order chi connectivity index (χ1) is 9.69. The maximum atomic E-state index is 10.3. The summed E-state index contributed by atoms with van der Waals surface area (Å²) in [5.74, 6) is 0.697. The van der Waals surface area contributed by atoms with E-state index in [1.165, 1.54) is 0 Å². The molecule has 2 aromatic rings. The summed E-state index contributed by atoms with van der Waals surface area (Å²) in [6, 6.07) is 5.35. The Labute approximate surface area is 123 Å². The Bertz CT molecular complexity index is 612. The van der Waals surface area contributed by atoms with Crippen LogP contribution in [0.1, 0.15) is 43.2 Å². The minimum absolute atomic E-state index is 0.173. The molecule has 0 saturated carbocycles. The number of hydrogen-bond acceptors (Lipinski definition) is 3. The summed E-state index contributed by atoms with van der Waals surface area (Å²) in [7, 11) is 0. The molecular formula is C15H17ClN2O2. The van der Waals surface area contributed by atoms with Crippen molar-refractivity contribution >= 4 is 11.6 Å². The monoisotopic (exact) mass is 292 g/mol. The average Bonchev–Trinajstić information content (AvgIpc) is 2.88. The SMILES string of the molecule is CCCn1cncc1C1CC(O)c2cc(Cl)ccc2O1. The normalized spacial score (nSPS) is 21.4. The zero-order chi connectivity index (χ0) is 14.1. The van der Waals surface area contributed by atoms with Crippen LogP contribution in [-0.2, 0) is 6.54 Å². The van der Waals surface area contributed by atoms with Crippen molar-refractivity contribution in [3.05, 3.63) is 47.0 Å². The summed E-state index contributed by atoms with van der Waals surface area (Å²) in [6.07, 6.45) is 4.44. The van der Waals surface area contributed by atoms with Gasteiger partial charge in [0.25, 0.3) is 0 Å². The molecule has 4 nitrogen and oxygen atoms in total. The Morgan fingerprint density at radius 3 is 3.15 bits per heavy atom. The molecule has 1 aliphatic heterocycles. The molecule has 0 spiro atoms. The van der Waals surface area contributed by atoms with E-state index in [-0.39, 0.29) is 6.10 Å².